The third kappa shape index (κ3) is 6.31. The molecule has 0 bridgehead atoms. The number of amides is 1. The molecule has 1 amide bonds. The smallest absolute Gasteiger partial charge is 0.271 e. The van der Waals surface area contributed by atoms with Crippen LogP contribution in [0.5, 0.6) is 17.2 Å². The molecule has 0 aliphatic carbocycles. The number of nitrogens with one attached hydrogen (secondary N) is 1. The molecule has 7 heteroatoms. The Morgan fingerprint density at radius 2 is 1.88 bits per heavy atom. The van der Waals surface area contributed by atoms with Gasteiger partial charge in [-0.25, -0.2) is 9.82 Å². The number of halogens is 1. The largest absolute Gasteiger partial charge is 0.493 e. The number of ether oxygens (including phenoxy) is 3. The number of hydrazone groups is 1. The van der Waals surface area contributed by atoms with Crippen molar-refractivity contribution in [3.05, 3.63) is 89.2 Å². The lowest BCUT2D eigenvalue weighted by molar-refractivity contribution is 0.0954. The van der Waals surface area contributed by atoms with E-state index in [4.69, 9.17) is 14.2 Å². The maximum absolute atomic E-state index is 13.7. The molecule has 0 heterocycles. The average Bonchev–Trinajstić information content (AvgIpc) is 2.82. The number of carbonyl (C=O) groups excluding carboxylic acids is 1. The van der Waals surface area contributed by atoms with Crippen LogP contribution in [0.1, 0.15) is 34.8 Å². The van der Waals surface area contributed by atoms with E-state index in [0.717, 1.165) is 12.0 Å². The third-order valence-electron chi connectivity index (χ3n) is 4.48. The van der Waals surface area contributed by atoms with Gasteiger partial charge in [0.05, 0.1) is 19.9 Å². The van der Waals surface area contributed by atoms with Crippen molar-refractivity contribution in [2.45, 2.75) is 20.0 Å². The standard InChI is InChI=1S/C25H25FN2O4/c1-3-13-31-23-12-11-19(15-24(23)30-2)25(29)28-27-16-18-7-6-9-21(14-18)32-17-20-8-4-5-10-22(20)26/h4-12,14-16H,3,13,17H2,1-2H3,(H,28,29)/b27-16+. The highest BCUT2D eigenvalue weighted by Gasteiger charge is 2.10. The van der Waals surface area contributed by atoms with Gasteiger partial charge in [0.2, 0.25) is 0 Å². The minimum atomic E-state index is -0.381. The van der Waals surface area contributed by atoms with E-state index >= 15 is 0 Å². The second-order valence-corrected chi connectivity index (χ2v) is 6.87. The van der Waals surface area contributed by atoms with Crippen LogP contribution >= 0.6 is 0 Å². The van der Waals surface area contributed by atoms with Crippen LogP contribution in [0.4, 0.5) is 4.39 Å². The van der Waals surface area contributed by atoms with Crippen LogP contribution in [-0.4, -0.2) is 25.8 Å². The number of rotatable bonds is 10. The summed E-state index contributed by atoms with van der Waals surface area (Å²) < 4.78 is 30.3. The fourth-order valence-corrected chi connectivity index (χ4v) is 2.83. The van der Waals surface area contributed by atoms with Gasteiger partial charge in [0.1, 0.15) is 18.2 Å². The van der Waals surface area contributed by atoms with Gasteiger partial charge < -0.3 is 14.2 Å². The van der Waals surface area contributed by atoms with E-state index in [9.17, 15) is 9.18 Å². The van der Waals surface area contributed by atoms with Crippen LogP contribution in [0.25, 0.3) is 0 Å². The fraction of sp³-hybridized carbons (Fsp3) is 0.200. The molecule has 1 N–H and O–H groups in total. The second kappa shape index (κ2) is 11.5. The Bertz CT molecular complexity index is 1090. The molecule has 32 heavy (non-hydrogen) atoms. The molecular weight excluding hydrogens is 411 g/mol. The first-order valence-corrected chi connectivity index (χ1v) is 10.2. The molecule has 0 atom stereocenters. The van der Waals surface area contributed by atoms with Crippen molar-refractivity contribution in [3.8, 4) is 17.2 Å². The topological polar surface area (TPSA) is 69.2 Å². The van der Waals surface area contributed by atoms with Gasteiger partial charge >= 0.3 is 0 Å². The van der Waals surface area contributed by atoms with Gasteiger partial charge in [-0.15, -0.1) is 0 Å². The Morgan fingerprint density at radius 3 is 2.66 bits per heavy atom. The van der Waals surface area contributed by atoms with E-state index in [1.807, 2.05) is 13.0 Å². The minimum Gasteiger partial charge on any atom is -0.493 e. The molecule has 0 fully saturated rings. The van der Waals surface area contributed by atoms with Gasteiger partial charge in [0.25, 0.3) is 5.91 Å². The van der Waals surface area contributed by atoms with Crippen molar-refractivity contribution in [1.29, 1.82) is 0 Å². The maximum Gasteiger partial charge on any atom is 0.271 e. The molecule has 0 unspecified atom stereocenters. The highest BCUT2D eigenvalue weighted by Crippen LogP contribution is 2.28. The number of hydrogen-bond acceptors (Lipinski definition) is 5. The lowest BCUT2D eigenvalue weighted by Crippen LogP contribution is -2.17. The van der Waals surface area contributed by atoms with Crippen LogP contribution in [0.15, 0.2) is 71.8 Å². The van der Waals surface area contributed by atoms with Crippen molar-refractivity contribution in [2.24, 2.45) is 5.10 Å². The Hall–Kier alpha value is -3.87. The molecule has 3 aromatic carbocycles. The maximum atomic E-state index is 13.7. The van der Waals surface area contributed by atoms with Crippen molar-refractivity contribution in [2.75, 3.05) is 13.7 Å². The Balaban J connectivity index is 1.59. The van der Waals surface area contributed by atoms with Gasteiger partial charge in [-0.2, -0.15) is 5.10 Å². The zero-order valence-electron chi connectivity index (χ0n) is 18.0. The molecule has 6 nitrogen and oxygen atoms in total. The van der Waals surface area contributed by atoms with E-state index in [2.05, 4.69) is 10.5 Å². The molecule has 0 saturated heterocycles. The van der Waals surface area contributed by atoms with E-state index in [1.165, 1.54) is 19.4 Å². The number of nitrogens with zero attached hydrogens (tertiary/aromatic N) is 1. The predicted octanol–water partition coefficient (Wildman–Crippen LogP) is 4.97. The van der Waals surface area contributed by atoms with E-state index in [0.29, 0.717) is 35.0 Å². The molecule has 0 aromatic heterocycles. The number of carbonyl (C=O) groups is 1. The highest BCUT2D eigenvalue weighted by atomic mass is 19.1. The summed E-state index contributed by atoms with van der Waals surface area (Å²) in [6.45, 7) is 2.69. The summed E-state index contributed by atoms with van der Waals surface area (Å²) in [7, 11) is 1.52. The second-order valence-electron chi connectivity index (χ2n) is 6.87. The zero-order chi connectivity index (χ0) is 22.8. The van der Waals surface area contributed by atoms with Crippen LogP contribution in [0.3, 0.4) is 0 Å². The lowest BCUT2D eigenvalue weighted by atomic mass is 10.2. The van der Waals surface area contributed by atoms with Gasteiger partial charge in [-0.05, 0) is 48.4 Å². The van der Waals surface area contributed by atoms with Gasteiger partial charge in [-0.3, -0.25) is 4.79 Å². The first kappa shape index (κ1) is 22.8. The third-order valence-corrected chi connectivity index (χ3v) is 4.48. The molecule has 0 spiro atoms. The van der Waals surface area contributed by atoms with Gasteiger partial charge in [-0.1, -0.05) is 37.3 Å². The summed E-state index contributed by atoms with van der Waals surface area (Å²) in [5, 5.41) is 4.01. The predicted molar refractivity (Wildman–Crippen MR) is 121 cm³/mol. The van der Waals surface area contributed by atoms with Crippen molar-refractivity contribution in [1.82, 2.24) is 5.43 Å². The van der Waals surface area contributed by atoms with Crippen LogP contribution in [0, 0.1) is 5.82 Å². The molecule has 3 rings (SSSR count). The summed E-state index contributed by atoms with van der Waals surface area (Å²) in [5.74, 6) is 0.940. The Labute approximate surface area is 186 Å². The molecule has 166 valence electrons. The number of benzene rings is 3. The number of methoxy groups -OCH3 is 1. The van der Waals surface area contributed by atoms with Crippen molar-refractivity contribution < 1.29 is 23.4 Å². The Morgan fingerprint density at radius 1 is 1.03 bits per heavy atom. The monoisotopic (exact) mass is 436 g/mol. The first-order valence-electron chi connectivity index (χ1n) is 10.2. The molecule has 0 radical (unpaired) electrons. The van der Waals surface area contributed by atoms with Crippen LogP contribution in [-0.2, 0) is 6.61 Å². The van der Waals surface area contributed by atoms with E-state index in [1.54, 1.807) is 54.6 Å². The van der Waals surface area contributed by atoms with Crippen molar-refractivity contribution in [3.63, 3.8) is 0 Å². The summed E-state index contributed by atoms with van der Waals surface area (Å²) in [6, 6.07) is 18.5. The zero-order valence-corrected chi connectivity index (χ0v) is 18.0. The van der Waals surface area contributed by atoms with Gasteiger partial charge in [0, 0.05) is 11.1 Å². The van der Waals surface area contributed by atoms with Crippen LogP contribution in [0.2, 0.25) is 0 Å². The van der Waals surface area contributed by atoms with Crippen LogP contribution < -0.4 is 19.6 Å². The molecule has 0 saturated carbocycles. The molecule has 3 aromatic rings. The fourth-order valence-electron chi connectivity index (χ4n) is 2.83. The summed E-state index contributed by atoms with van der Waals surface area (Å²) >= 11 is 0. The molecular formula is C25H25FN2O4. The summed E-state index contributed by atoms with van der Waals surface area (Å²) in [6.07, 6.45) is 2.37. The first-order chi connectivity index (χ1) is 15.6. The van der Waals surface area contributed by atoms with Crippen molar-refractivity contribution >= 4 is 12.1 Å². The molecule has 0 aliphatic rings. The summed E-state index contributed by atoms with van der Waals surface area (Å²) in [4.78, 5) is 12.4. The number of hydrogen-bond donors (Lipinski definition) is 1. The van der Waals surface area contributed by atoms with E-state index < -0.39 is 0 Å². The average molecular weight is 436 g/mol. The lowest BCUT2D eigenvalue weighted by Gasteiger charge is -2.11. The highest BCUT2D eigenvalue weighted by molar-refractivity contribution is 5.95. The normalized spacial score (nSPS) is 10.7. The quantitative estimate of drug-likeness (QED) is 0.360. The van der Waals surface area contributed by atoms with Gasteiger partial charge in [0.15, 0.2) is 11.5 Å². The van der Waals surface area contributed by atoms with E-state index in [-0.39, 0.29) is 18.3 Å². The Kier molecular flexibility index (Phi) is 8.20. The molecule has 0 aliphatic heterocycles. The SMILES string of the molecule is CCCOc1ccc(C(=O)N/N=C/c2cccc(OCc3ccccc3F)c2)cc1OC. The minimum absolute atomic E-state index is 0.115. The summed E-state index contributed by atoms with van der Waals surface area (Å²) in [5.41, 5.74) is 4.08.